The van der Waals surface area contributed by atoms with Crippen LogP contribution >= 0.6 is 15.9 Å². The molecular weight excluding hydrogens is 336 g/mol. The maximum absolute atomic E-state index is 11.6. The van der Waals surface area contributed by atoms with Crippen molar-refractivity contribution in [3.8, 4) is 0 Å². The first-order valence-electron chi connectivity index (χ1n) is 6.95. The highest BCUT2D eigenvalue weighted by atomic mass is 79.9. The van der Waals surface area contributed by atoms with Crippen molar-refractivity contribution < 1.29 is 14.7 Å². The Hall–Kier alpha value is -1.56. The van der Waals surface area contributed by atoms with Crippen LogP contribution in [0.2, 0.25) is 0 Å². The molecule has 1 aromatic rings. The van der Waals surface area contributed by atoms with Crippen LogP contribution in [0, 0.1) is 5.92 Å². The molecule has 1 rings (SSSR count). The van der Waals surface area contributed by atoms with Gasteiger partial charge in [-0.15, -0.1) is 0 Å². The van der Waals surface area contributed by atoms with E-state index < -0.39 is 5.97 Å². The lowest BCUT2D eigenvalue weighted by molar-refractivity contribution is -0.137. The lowest BCUT2D eigenvalue weighted by atomic mass is 10.0. The highest BCUT2D eigenvalue weighted by Gasteiger charge is 2.06. The number of carboxylic acids is 1. The standard InChI is InChI=1S/C15H21BrN2O3/c1-11(2-7-14(19)20)8-9-17-15(21)18-10-12-3-5-13(16)6-4-12/h3-6,11H,2,7-10H2,1H3,(H,19,20)(H2,17,18,21). The fourth-order valence-electron chi connectivity index (χ4n) is 1.79. The van der Waals surface area contributed by atoms with Gasteiger partial charge >= 0.3 is 12.0 Å². The van der Waals surface area contributed by atoms with Gasteiger partial charge in [-0.1, -0.05) is 35.0 Å². The highest BCUT2D eigenvalue weighted by molar-refractivity contribution is 9.10. The third kappa shape index (κ3) is 8.34. The summed E-state index contributed by atoms with van der Waals surface area (Å²) in [5.74, 6) is -0.491. The molecule has 116 valence electrons. The maximum Gasteiger partial charge on any atom is 0.315 e. The minimum Gasteiger partial charge on any atom is -0.481 e. The van der Waals surface area contributed by atoms with Gasteiger partial charge in [-0.3, -0.25) is 4.79 Å². The van der Waals surface area contributed by atoms with E-state index in [1.807, 2.05) is 31.2 Å². The molecule has 1 aromatic carbocycles. The molecule has 0 aliphatic carbocycles. The van der Waals surface area contributed by atoms with Crippen molar-refractivity contribution in [1.29, 1.82) is 0 Å². The summed E-state index contributed by atoms with van der Waals surface area (Å²) in [5.41, 5.74) is 1.03. The minimum atomic E-state index is -0.776. The molecule has 2 amide bonds. The maximum atomic E-state index is 11.6. The number of carbonyl (C=O) groups excluding carboxylic acids is 1. The SMILES string of the molecule is CC(CCNC(=O)NCc1ccc(Br)cc1)CCC(=O)O. The quantitative estimate of drug-likeness (QED) is 0.669. The third-order valence-electron chi connectivity index (χ3n) is 3.14. The van der Waals surface area contributed by atoms with Crippen molar-refractivity contribution in [3.63, 3.8) is 0 Å². The van der Waals surface area contributed by atoms with Crippen LogP contribution in [0.1, 0.15) is 31.7 Å². The molecule has 0 aliphatic rings. The molecular formula is C15H21BrN2O3. The number of hydrogen-bond donors (Lipinski definition) is 3. The molecule has 0 heterocycles. The van der Waals surface area contributed by atoms with Gasteiger partial charge in [0.05, 0.1) is 0 Å². The predicted molar refractivity (Wildman–Crippen MR) is 85.0 cm³/mol. The van der Waals surface area contributed by atoms with E-state index in [0.29, 0.717) is 19.5 Å². The number of urea groups is 1. The van der Waals surface area contributed by atoms with Gasteiger partial charge in [0.15, 0.2) is 0 Å². The molecule has 0 spiro atoms. The molecule has 21 heavy (non-hydrogen) atoms. The Bertz CT molecular complexity index is 462. The van der Waals surface area contributed by atoms with Gasteiger partial charge in [-0.05, 0) is 36.5 Å². The molecule has 0 aromatic heterocycles. The summed E-state index contributed by atoms with van der Waals surface area (Å²) in [4.78, 5) is 22.0. The molecule has 0 bridgehead atoms. The summed E-state index contributed by atoms with van der Waals surface area (Å²) in [6.45, 7) is 3.02. The second-order valence-electron chi connectivity index (χ2n) is 5.06. The summed E-state index contributed by atoms with van der Waals surface area (Å²) < 4.78 is 1.01. The number of halogens is 1. The lowest BCUT2D eigenvalue weighted by Gasteiger charge is -2.11. The number of hydrogen-bond acceptors (Lipinski definition) is 2. The number of nitrogens with one attached hydrogen (secondary N) is 2. The molecule has 0 aliphatic heterocycles. The predicted octanol–water partition coefficient (Wildman–Crippen LogP) is 3.14. The zero-order valence-electron chi connectivity index (χ0n) is 12.1. The summed E-state index contributed by atoms with van der Waals surface area (Å²) in [7, 11) is 0. The van der Waals surface area contributed by atoms with E-state index in [-0.39, 0.29) is 18.4 Å². The Labute approximate surface area is 133 Å². The van der Waals surface area contributed by atoms with E-state index >= 15 is 0 Å². The van der Waals surface area contributed by atoms with Crippen molar-refractivity contribution in [2.24, 2.45) is 5.92 Å². The average Bonchev–Trinajstić information content (AvgIpc) is 2.44. The van der Waals surface area contributed by atoms with E-state index in [1.54, 1.807) is 0 Å². The molecule has 3 N–H and O–H groups in total. The van der Waals surface area contributed by atoms with Crippen molar-refractivity contribution in [2.75, 3.05) is 6.54 Å². The number of carbonyl (C=O) groups is 2. The molecule has 0 saturated heterocycles. The van der Waals surface area contributed by atoms with E-state index in [0.717, 1.165) is 16.5 Å². The number of rotatable bonds is 8. The zero-order valence-corrected chi connectivity index (χ0v) is 13.6. The Morgan fingerprint density at radius 1 is 1.19 bits per heavy atom. The van der Waals surface area contributed by atoms with E-state index in [2.05, 4.69) is 26.6 Å². The topological polar surface area (TPSA) is 78.4 Å². The Balaban J connectivity index is 2.13. The normalized spacial score (nSPS) is 11.7. The first kappa shape index (κ1) is 17.5. The monoisotopic (exact) mass is 356 g/mol. The molecule has 0 fully saturated rings. The van der Waals surface area contributed by atoms with E-state index in [4.69, 9.17) is 5.11 Å². The fraction of sp³-hybridized carbons (Fsp3) is 0.467. The smallest absolute Gasteiger partial charge is 0.315 e. The van der Waals surface area contributed by atoms with Crippen LogP contribution in [-0.2, 0) is 11.3 Å². The Morgan fingerprint density at radius 2 is 1.86 bits per heavy atom. The molecule has 0 saturated carbocycles. The van der Waals surface area contributed by atoms with Crippen LogP contribution in [0.25, 0.3) is 0 Å². The van der Waals surface area contributed by atoms with Gasteiger partial charge in [0, 0.05) is 24.0 Å². The summed E-state index contributed by atoms with van der Waals surface area (Å²) in [6, 6.07) is 7.54. The van der Waals surface area contributed by atoms with Crippen molar-refractivity contribution in [3.05, 3.63) is 34.3 Å². The van der Waals surface area contributed by atoms with Gasteiger partial charge in [-0.2, -0.15) is 0 Å². The number of aliphatic carboxylic acids is 1. The highest BCUT2D eigenvalue weighted by Crippen LogP contribution is 2.10. The Morgan fingerprint density at radius 3 is 2.48 bits per heavy atom. The van der Waals surface area contributed by atoms with Crippen molar-refractivity contribution in [1.82, 2.24) is 10.6 Å². The lowest BCUT2D eigenvalue weighted by Crippen LogP contribution is -2.36. The van der Waals surface area contributed by atoms with Crippen LogP contribution in [0.3, 0.4) is 0 Å². The molecule has 0 radical (unpaired) electrons. The molecule has 1 atom stereocenters. The Kier molecular flexibility index (Phi) is 7.82. The van der Waals surface area contributed by atoms with Gasteiger partial charge in [-0.25, -0.2) is 4.79 Å². The van der Waals surface area contributed by atoms with Gasteiger partial charge in [0.2, 0.25) is 0 Å². The molecule has 1 unspecified atom stereocenters. The first-order valence-corrected chi connectivity index (χ1v) is 7.74. The summed E-state index contributed by atoms with van der Waals surface area (Å²) in [5, 5.41) is 14.1. The van der Waals surface area contributed by atoms with Crippen molar-refractivity contribution in [2.45, 2.75) is 32.7 Å². The fourth-order valence-corrected chi connectivity index (χ4v) is 2.06. The third-order valence-corrected chi connectivity index (χ3v) is 3.67. The van der Waals surface area contributed by atoms with Crippen molar-refractivity contribution >= 4 is 27.9 Å². The van der Waals surface area contributed by atoms with Gasteiger partial charge < -0.3 is 15.7 Å². The van der Waals surface area contributed by atoms with Crippen LogP contribution in [0.4, 0.5) is 4.79 Å². The number of amides is 2. The summed E-state index contributed by atoms with van der Waals surface area (Å²) in [6.07, 6.45) is 1.59. The second-order valence-corrected chi connectivity index (χ2v) is 5.98. The zero-order chi connectivity index (χ0) is 15.7. The summed E-state index contributed by atoms with van der Waals surface area (Å²) >= 11 is 3.36. The average molecular weight is 357 g/mol. The second kappa shape index (κ2) is 9.39. The minimum absolute atomic E-state index is 0.178. The van der Waals surface area contributed by atoms with Gasteiger partial charge in [0.25, 0.3) is 0 Å². The number of benzene rings is 1. The largest absolute Gasteiger partial charge is 0.481 e. The molecule has 5 nitrogen and oxygen atoms in total. The molecule has 6 heteroatoms. The van der Waals surface area contributed by atoms with Crippen LogP contribution < -0.4 is 10.6 Å². The van der Waals surface area contributed by atoms with Crippen LogP contribution in [0.15, 0.2) is 28.7 Å². The van der Waals surface area contributed by atoms with E-state index in [9.17, 15) is 9.59 Å². The van der Waals surface area contributed by atoms with Crippen LogP contribution in [0.5, 0.6) is 0 Å². The number of carboxylic acid groups (broad SMARTS) is 1. The van der Waals surface area contributed by atoms with E-state index in [1.165, 1.54) is 0 Å². The van der Waals surface area contributed by atoms with Gasteiger partial charge in [0.1, 0.15) is 0 Å². The van der Waals surface area contributed by atoms with Crippen LogP contribution in [-0.4, -0.2) is 23.7 Å². The first-order chi connectivity index (χ1) is 9.97.